The van der Waals surface area contributed by atoms with Crippen LogP contribution in [0.1, 0.15) is 32.6 Å². The van der Waals surface area contributed by atoms with Gasteiger partial charge in [-0.1, -0.05) is 6.07 Å². The minimum atomic E-state index is -0.100. The summed E-state index contributed by atoms with van der Waals surface area (Å²) in [6.45, 7) is 5.95. The molecule has 0 aliphatic carbocycles. The Morgan fingerprint density at radius 2 is 1.82 bits per heavy atom. The number of carbonyl (C=O) groups excluding carboxylic acids is 1. The third-order valence-electron chi connectivity index (χ3n) is 5.40. The average Bonchev–Trinajstić information content (AvgIpc) is 3.23. The zero-order valence-corrected chi connectivity index (χ0v) is 16.3. The van der Waals surface area contributed by atoms with Gasteiger partial charge in [0.05, 0.1) is 0 Å². The molecule has 0 bridgehead atoms. The molecule has 28 heavy (non-hydrogen) atoms. The SMILES string of the molecule is CC(=O)Nc1cccc(Nc2ncnc(N3CCC(N4CCCC4)CC3)n2)c1. The summed E-state index contributed by atoms with van der Waals surface area (Å²) in [4.78, 5) is 29.3. The molecule has 2 fully saturated rings. The Bertz CT molecular complexity index is 814. The molecular formula is C20H27N7O. The van der Waals surface area contributed by atoms with Crippen molar-refractivity contribution in [2.24, 2.45) is 0 Å². The number of piperidine rings is 1. The lowest BCUT2D eigenvalue weighted by Gasteiger charge is -2.36. The first-order chi connectivity index (χ1) is 13.7. The van der Waals surface area contributed by atoms with Gasteiger partial charge in [-0.3, -0.25) is 4.79 Å². The van der Waals surface area contributed by atoms with Crippen LogP contribution in [0.5, 0.6) is 0 Å². The molecule has 2 aliphatic rings. The van der Waals surface area contributed by atoms with Gasteiger partial charge in [0.25, 0.3) is 0 Å². The minimum Gasteiger partial charge on any atom is -0.341 e. The van der Waals surface area contributed by atoms with Crippen molar-refractivity contribution in [1.29, 1.82) is 0 Å². The van der Waals surface area contributed by atoms with Crippen LogP contribution < -0.4 is 15.5 Å². The van der Waals surface area contributed by atoms with Crippen LogP contribution in [-0.2, 0) is 4.79 Å². The highest BCUT2D eigenvalue weighted by Crippen LogP contribution is 2.24. The van der Waals surface area contributed by atoms with Crippen molar-refractivity contribution in [3.8, 4) is 0 Å². The number of likely N-dealkylation sites (tertiary alicyclic amines) is 1. The number of rotatable bonds is 5. The van der Waals surface area contributed by atoms with Crippen LogP contribution in [0.4, 0.5) is 23.3 Å². The third-order valence-corrected chi connectivity index (χ3v) is 5.40. The van der Waals surface area contributed by atoms with Gasteiger partial charge >= 0.3 is 0 Å². The highest BCUT2D eigenvalue weighted by Gasteiger charge is 2.27. The molecule has 8 heteroatoms. The number of anilines is 4. The van der Waals surface area contributed by atoms with Crippen LogP contribution in [0.3, 0.4) is 0 Å². The number of benzene rings is 1. The smallest absolute Gasteiger partial charge is 0.231 e. The first kappa shape index (κ1) is 18.6. The second-order valence-electron chi connectivity index (χ2n) is 7.46. The molecule has 0 saturated carbocycles. The summed E-state index contributed by atoms with van der Waals surface area (Å²) in [6.07, 6.45) is 6.55. The molecule has 3 heterocycles. The van der Waals surface area contributed by atoms with Gasteiger partial charge in [-0.15, -0.1) is 0 Å². The van der Waals surface area contributed by atoms with E-state index in [4.69, 9.17) is 0 Å². The second-order valence-corrected chi connectivity index (χ2v) is 7.46. The zero-order chi connectivity index (χ0) is 19.3. The van der Waals surface area contributed by atoms with Crippen LogP contribution in [0.25, 0.3) is 0 Å². The van der Waals surface area contributed by atoms with Crippen molar-refractivity contribution in [1.82, 2.24) is 19.9 Å². The third kappa shape index (κ3) is 4.56. The number of nitrogens with zero attached hydrogens (tertiary/aromatic N) is 5. The highest BCUT2D eigenvalue weighted by molar-refractivity contribution is 5.89. The summed E-state index contributed by atoms with van der Waals surface area (Å²) >= 11 is 0. The molecule has 0 atom stereocenters. The predicted molar refractivity (Wildman–Crippen MR) is 110 cm³/mol. The second kappa shape index (κ2) is 8.52. The van der Waals surface area contributed by atoms with Gasteiger partial charge in [-0.25, -0.2) is 9.97 Å². The molecule has 0 spiro atoms. The van der Waals surface area contributed by atoms with E-state index in [1.54, 1.807) is 6.33 Å². The molecule has 2 N–H and O–H groups in total. The lowest BCUT2D eigenvalue weighted by Crippen LogP contribution is -2.44. The van der Waals surface area contributed by atoms with E-state index in [9.17, 15) is 4.79 Å². The minimum absolute atomic E-state index is 0.100. The molecule has 1 aromatic heterocycles. The fraction of sp³-hybridized carbons (Fsp3) is 0.500. The van der Waals surface area contributed by atoms with Crippen LogP contribution in [0, 0.1) is 0 Å². The van der Waals surface area contributed by atoms with E-state index in [2.05, 4.69) is 35.4 Å². The number of hydrogen-bond donors (Lipinski definition) is 2. The van der Waals surface area contributed by atoms with Gasteiger partial charge in [0, 0.05) is 37.4 Å². The van der Waals surface area contributed by atoms with Crippen molar-refractivity contribution in [3.05, 3.63) is 30.6 Å². The van der Waals surface area contributed by atoms with Gasteiger partial charge in [0.1, 0.15) is 6.33 Å². The van der Waals surface area contributed by atoms with E-state index in [0.29, 0.717) is 12.0 Å². The van der Waals surface area contributed by atoms with E-state index in [1.807, 2.05) is 24.3 Å². The summed E-state index contributed by atoms with van der Waals surface area (Å²) < 4.78 is 0. The van der Waals surface area contributed by atoms with Crippen molar-refractivity contribution in [2.75, 3.05) is 41.7 Å². The maximum atomic E-state index is 11.2. The maximum Gasteiger partial charge on any atom is 0.231 e. The van der Waals surface area contributed by atoms with E-state index in [-0.39, 0.29) is 5.91 Å². The predicted octanol–water partition coefficient (Wildman–Crippen LogP) is 2.64. The number of nitrogens with one attached hydrogen (secondary N) is 2. The molecule has 1 aromatic carbocycles. The maximum absolute atomic E-state index is 11.2. The van der Waals surface area contributed by atoms with Crippen molar-refractivity contribution >= 4 is 29.2 Å². The lowest BCUT2D eigenvalue weighted by atomic mass is 10.0. The van der Waals surface area contributed by atoms with Gasteiger partial charge < -0.3 is 20.4 Å². The molecule has 2 saturated heterocycles. The Labute approximate surface area is 165 Å². The van der Waals surface area contributed by atoms with Crippen molar-refractivity contribution < 1.29 is 4.79 Å². The van der Waals surface area contributed by atoms with Crippen LogP contribution >= 0.6 is 0 Å². The number of carbonyl (C=O) groups is 1. The highest BCUT2D eigenvalue weighted by atomic mass is 16.1. The molecular weight excluding hydrogens is 354 g/mol. The van der Waals surface area contributed by atoms with E-state index < -0.39 is 0 Å². The number of aromatic nitrogens is 3. The standard InChI is InChI=1S/C20H27N7O/c1-15(28)23-16-5-4-6-17(13-16)24-19-21-14-22-20(25-19)27-11-7-18(8-12-27)26-9-2-3-10-26/h4-6,13-14,18H,2-3,7-12H2,1H3,(H,23,28)(H,21,22,24,25). The fourth-order valence-electron chi connectivity index (χ4n) is 4.05. The Balaban J connectivity index is 1.39. The summed E-state index contributed by atoms with van der Waals surface area (Å²) in [5.41, 5.74) is 1.55. The molecule has 2 aliphatic heterocycles. The molecule has 0 unspecified atom stereocenters. The average molecular weight is 381 g/mol. The van der Waals surface area contributed by atoms with Crippen molar-refractivity contribution in [3.63, 3.8) is 0 Å². The summed E-state index contributed by atoms with van der Waals surface area (Å²) in [5.74, 6) is 1.12. The molecule has 2 aromatic rings. The van der Waals surface area contributed by atoms with Crippen LogP contribution in [0.2, 0.25) is 0 Å². The molecule has 1 amide bonds. The van der Waals surface area contributed by atoms with Gasteiger partial charge in [0.2, 0.25) is 17.8 Å². The molecule has 148 valence electrons. The molecule has 0 radical (unpaired) electrons. The lowest BCUT2D eigenvalue weighted by molar-refractivity contribution is -0.114. The fourth-order valence-corrected chi connectivity index (χ4v) is 4.05. The number of amides is 1. The molecule has 4 rings (SSSR count). The Morgan fingerprint density at radius 3 is 2.57 bits per heavy atom. The monoisotopic (exact) mass is 381 g/mol. The Morgan fingerprint density at radius 1 is 1.07 bits per heavy atom. The van der Waals surface area contributed by atoms with Gasteiger partial charge in [-0.05, 0) is 57.0 Å². The van der Waals surface area contributed by atoms with Gasteiger partial charge in [-0.2, -0.15) is 4.98 Å². The largest absolute Gasteiger partial charge is 0.341 e. The summed E-state index contributed by atoms with van der Waals surface area (Å²) in [5, 5.41) is 5.98. The van der Waals surface area contributed by atoms with E-state index in [1.165, 1.54) is 32.9 Å². The van der Waals surface area contributed by atoms with Crippen LogP contribution in [0.15, 0.2) is 30.6 Å². The van der Waals surface area contributed by atoms with E-state index in [0.717, 1.165) is 43.3 Å². The Hall–Kier alpha value is -2.74. The topological polar surface area (TPSA) is 86.3 Å². The Kier molecular flexibility index (Phi) is 5.66. The summed E-state index contributed by atoms with van der Waals surface area (Å²) in [7, 11) is 0. The number of hydrogen-bond acceptors (Lipinski definition) is 7. The van der Waals surface area contributed by atoms with Crippen LogP contribution in [-0.4, -0.2) is 58.0 Å². The first-order valence-corrected chi connectivity index (χ1v) is 10.00. The van der Waals surface area contributed by atoms with Gasteiger partial charge in [0.15, 0.2) is 0 Å². The summed E-state index contributed by atoms with van der Waals surface area (Å²) in [6, 6.07) is 8.19. The molecule has 8 nitrogen and oxygen atoms in total. The quantitative estimate of drug-likeness (QED) is 0.823. The zero-order valence-electron chi connectivity index (χ0n) is 16.3. The normalized spacial score (nSPS) is 18.2. The first-order valence-electron chi connectivity index (χ1n) is 10.00. The van der Waals surface area contributed by atoms with Crippen molar-refractivity contribution in [2.45, 2.75) is 38.6 Å². The van der Waals surface area contributed by atoms with E-state index >= 15 is 0 Å².